The predicted octanol–water partition coefficient (Wildman–Crippen LogP) is 5.42. The quantitative estimate of drug-likeness (QED) is 0.587. The molecule has 3 rings (SSSR count). The lowest BCUT2D eigenvalue weighted by molar-refractivity contribution is 1.54. The zero-order chi connectivity index (χ0) is 13.8. The fourth-order valence-corrected chi connectivity index (χ4v) is 2.30. The van der Waals surface area contributed by atoms with E-state index in [9.17, 15) is 0 Å². The van der Waals surface area contributed by atoms with Crippen molar-refractivity contribution in [2.24, 2.45) is 0 Å². The van der Waals surface area contributed by atoms with E-state index in [-0.39, 0.29) is 0 Å². The minimum absolute atomic E-state index is 1.06. The Balaban J connectivity index is 1.89. The molecule has 0 aliphatic heterocycles. The summed E-state index contributed by atoms with van der Waals surface area (Å²) in [4.78, 5) is 0. The summed E-state index contributed by atoms with van der Waals surface area (Å²) < 4.78 is 0. The molecule has 0 saturated carbocycles. The third-order valence-electron chi connectivity index (χ3n) is 3.46. The van der Waals surface area contributed by atoms with Gasteiger partial charge in [0, 0.05) is 0 Å². The van der Waals surface area contributed by atoms with Crippen molar-refractivity contribution in [2.45, 2.75) is 0 Å². The molecule has 0 nitrogen and oxygen atoms in total. The van der Waals surface area contributed by atoms with Gasteiger partial charge < -0.3 is 0 Å². The van der Waals surface area contributed by atoms with E-state index < -0.39 is 0 Å². The highest BCUT2D eigenvalue weighted by molar-refractivity contribution is 5.79. The summed E-state index contributed by atoms with van der Waals surface area (Å²) in [6.07, 6.45) is 0. The van der Waals surface area contributed by atoms with Crippen LogP contribution in [0, 0.1) is 0 Å². The smallest absolute Gasteiger partial charge is 0.0183 e. The van der Waals surface area contributed by atoms with Gasteiger partial charge in [-0.05, 0) is 27.8 Å². The molecule has 0 N–H and O–H groups in total. The van der Waals surface area contributed by atoms with Crippen molar-refractivity contribution < 1.29 is 0 Å². The van der Waals surface area contributed by atoms with Crippen molar-refractivity contribution >= 4 is 5.57 Å². The minimum atomic E-state index is 1.06. The van der Waals surface area contributed by atoms with Gasteiger partial charge in [-0.1, -0.05) is 91.5 Å². The van der Waals surface area contributed by atoms with Gasteiger partial charge in [0.2, 0.25) is 0 Å². The molecule has 0 atom stereocenters. The summed E-state index contributed by atoms with van der Waals surface area (Å²) in [7, 11) is 0. The highest BCUT2D eigenvalue weighted by atomic mass is 14.1. The van der Waals surface area contributed by atoms with Gasteiger partial charge in [-0.25, -0.2) is 0 Å². The highest BCUT2D eigenvalue weighted by Gasteiger charge is 2.02. The van der Waals surface area contributed by atoms with Gasteiger partial charge in [-0.2, -0.15) is 0 Å². The molecule has 0 saturated heterocycles. The van der Waals surface area contributed by atoms with E-state index in [2.05, 4.69) is 67.2 Å². The number of rotatable bonds is 3. The molecule has 0 unspecified atom stereocenters. The van der Waals surface area contributed by atoms with Gasteiger partial charge in [0.1, 0.15) is 0 Å². The van der Waals surface area contributed by atoms with E-state index in [0.717, 1.165) is 11.1 Å². The summed E-state index contributed by atoms with van der Waals surface area (Å²) in [5.41, 5.74) is 5.86. The molecule has 0 aromatic heterocycles. The molecule has 20 heavy (non-hydrogen) atoms. The molecular formula is C20H16. The molecule has 3 aromatic rings. The first-order chi connectivity index (χ1) is 9.84. The van der Waals surface area contributed by atoms with Crippen LogP contribution in [0.1, 0.15) is 11.1 Å². The first kappa shape index (κ1) is 12.4. The minimum Gasteiger partial charge on any atom is -0.0906 e. The monoisotopic (exact) mass is 256 g/mol. The third kappa shape index (κ3) is 2.55. The van der Waals surface area contributed by atoms with Crippen molar-refractivity contribution in [3.05, 3.63) is 103 Å². The van der Waals surface area contributed by atoms with E-state index in [0.29, 0.717) is 0 Å². The number of benzene rings is 3. The maximum atomic E-state index is 4.20. The average molecular weight is 256 g/mol. The molecular weight excluding hydrogens is 240 g/mol. The molecule has 0 spiro atoms. The Morgan fingerprint density at radius 3 is 1.55 bits per heavy atom. The van der Waals surface area contributed by atoms with Gasteiger partial charge in [0.05, 0.1) is 0 Å². The van der Waals surface area contributed by atoms with E-state index in [1.807, 2.05) is 24.3 Å². The standard InChI is InChI=1S/C20H16/c1-16(17-8-4-2-5-9-17)18-12-14-20(15-13-18)19-10-6-3-7-11-19/h2-15H,1H2. The number of hydrogen-bond donors (Lipinski definition) is 0. The highest BCUT2D eigenvalue weighted by Crippen LogP contribution is 2.25. The largest absolute Gasteiger partial charge is 0.0906 e. The lowest BCUT2D eigenvalue weighted by Gasteiger charge is -2.08. The third-order valence-corrected chi connectivity index (χ3v) is 3.46. The summed E-state index contributed by atoms with van der Waals surface area (Å²) in [6.45, 7) is 4.20. The van der Waals surface area contributed by atoms with Crippen molar-refractivity contribution in [3.63, 3.8) is 0 Å². The predicted molar refractivity (Wildman–Crippen MR) is 86.5 cm³/mol. The van der Waals surface area contributed by atoms with Crippen LogP contribution in [0.4, 0.5) is 0 Å². The van der Waals surface area contributed by atoms with Crippen LogP contribution in [0.25, 0.3) is 16.7 Å². The first-order valence-corrected chi connectivity index (χ1v) is 6.75. The second-order valence-electron chi connectivity index (χ2n) is 4.79. The Morgan fingerprint density at radius 1 is 0.500 bits per heavy atom. The Morgan fingerprint density at radius 2 is 0.950 bits per heavy atom. The maximum Gasteiger partial charge on any atom is -0.0183 e. The number of hydrogen-bond acceptors (Lipinski definition) is 0. The van der Waals surface area contributed by atoms with Crippen LogP contribution in [0.5, 0.6) is 0 Å². The fourth-order valence-electron chi connectivity index (χ4n) is 2.30. The maximum absolute atomic E-state index is 4.20. The van der Waals surface area contributed by atoms with Gasteiger partial charge in [-0.15, -0.1) is 0 Å². The zero-order valence-corrected chi connectivity index (χ0v) is 11.3. The Hall–Kier alpha value is -2.60. The van der Waals surface area contributed by atoms with Crippen molar-refractivity contribution in [3.8, 4) is 11.1 Å². The summed E-state index contributed by atoms with van der Waals surface area (Å²) >= 11 is 0. The first-order valence-electron chi connectivity index (χ1n) is 6.75. The lowest BCUT2D eigenvalue weighted by Crippen LogP contribution is -1.86. The van der Waals surface area contributed by atoms with Gasteiger partial charge in [0.25, 0.3) is 0 Å². The van der Waals surface area contributed by atoms with Crippen LogP contribution in [0.15, 0.2) is 91.5 Å². The molecule has 96 valence electrons. The summed E-state index contributed by atoms with van der Waals surface area (Å²) in [5.74, 6) is 0. The van der Waals surface area contributed by atoms with Crippen LogP contribution in [-0.2, 0) is 0 Å². The molecule has 0 fully saturated rings. The Kier molecular flexibility index (Phi) is 3.47. The van der Waals surface area contributed by atoms with E-state index >= 15 is 0 Å². The molecule has 0 aliphatic carbocycles. The average Bonchev–Trinajstić information content (AvgIpc) is 2.56. The fraction of sp³-hybridized carbons (Fsp3) is 0. The van der Waals surface area contributed by atoms with Crippen molar-refractivity contribution in [2.75, 3.05) is 0 Å². The molecule has 0 bridgehead atoms. The molecule has 3 aromatic carbocycles. The zero-order valence-electron chi connectivity index (χ0n) is 11.3. The molecule has 0 aliphatic rings. The van der Waals surface area contributed by atoms with Crippen LogP contribution in [0.2, 0.25) is 0 Å². The second kappa shape index (κ2) is 5.58. The van der Waals surface area contributed by atoms with Crippen LogP contribution in [-0.4, -0.2) is 0 Å². The van der Waals surface area contributed by atoms with Crippen LogP contribution >= 0.6 is 0 Å². The topological polar surface area (TPSA) is 0 Å². The molecule has 0 heterocycles. The summed E-state index contributed by atoms with van der Waals surface area (Å²) in [6, 6.07) is 29.3. The Bertz CT molecular complexity index is 692. The molecule has 0 amide bonds. The van der Waals surface area contributed by atoms with Gasteiger partial charge in [-0.3, -0.25) is 0 Å². The summed E-state index contributed by atoms with van der Waals surface area (Å²) in [5, 5.41) is 0. The SMILES string of the molecule is C=C(c1ccccc1)c1ccc(-c2ccccc2)cc1. The van der Waals surface area contributed by atoms with E-state index in [1.54, 1.807) is 0 Å². The van der Waals surface area contributed by atoms with Crippen LogP contribution in [0.3, 0.4) is 0 Å². The lowest BCUT2D eigenvalue weighted by atomic mass is 9.97. The second-order valence-corrected chi connectivity index (χ2v) is 4.79. The van der Waals surface area contributed by atoms with E-state index in [4.69, 9.17) is 0 Å². The van der Waals surface area contributed by atoms with Gasteiger partial charge >= 0.3 is 0 Å². The van der Waals surface area contributed by atoms with E-state index in [1.165, 1.54) is 16.7 Å². The van der Waals surface area contributed by atoms with Crippen LogP contribution < -0.4 is 0 Å². The van der Waals surface area contributed by atoms with Gasteiger partial charge in [0.15, 0.2) is 0 Å². The Labute approximate surface area is 120 Å². The van der Waals surface area contributed by atoms with Crippen molar-refractivity contribution in [1.82, 2.24) is 0 Å². The molecule has 0 heteroatoms. The molecule has 0 radical (unpaired) electrons. The normalized spacial score (nSPS) is 10.2. The van der Waals surface area contributed by atoms with Crippen molar-refractivity contribution in [1.29, 1.82) is 0 Å².